The Labute approximate surface area is 151 Å². The molecular formula is C17H13FN4O3S. The predicted octanol–water partition coefficient (Wildman–Crippen LogP) is 2.93. The summed E-state index contributed by atoms with van der Waals surface area (Å²) in [7, 11) is 0. The number of rotatable bonds is 4. The van der Waals surface area contributed by atoms with Crippen LogP contribution in [0.4, 0.5) is 16.1 Å². The zero-order valence-electron chi connectivity index (χ0n) is 13.4. The fraction of sp³-hybridized carbons (Fsp3) is 0.176. The van der Waals surface area contributed by atoms with Gasteiger partial charge in [0.1, 0.15) is 5.82 Å². The summed E-state index contributed by atoms with van der Waals surface area (Å²) in [6.07, 6.45) is 0.0642. The molecule has 1 fully saturated rings. The molecular weight excluding hydrogens is 359 g/mol. The Bertz CT molecular complexity index is 939. The maximum atomic E-state index is 13.0. The molecule has 0 spiro atoms. The summed E-state index contributed by atoms with van der Waals surface area (Å²) < 4.78 is 18.5. The summed E-state index contributed by atoms with van der Waals surface area (Å²) in [4.78, 5) is 26.1. The highest BCUT2D eigenvalue weighted by Crippen LogP contribution is 2.27. The van der Waals surface area contributed by atoms with E-state index in [4.69, 9.17) is 4.42 Å². The van der Waals surface area contributed by atoms with Crippen molar-refractivity contribution in [3.8, 4) is 11.5 Å². The van der Waals surface area contributed by atoms with E-state index in [0.29, 0.717) is 11.6 Å². The maximum absolute atomic E-state index is 13.0. The van der Waals surface area contributed by atoms with Gasteiger partial charge in [0, 0.05) is 29.6 Å². The molecule has 2 amide bonds. The number of amides is 2. The highest BCUT2D eigenvalue weighted by Gasteiger charge is 2.35. The van der Waals surface area contributed by atoms with Crippen LogP contribution in [0.2, 0.25) is 0 Å². The molecule has 1 aromatic carbocycles. The van der Waals surface area contributed by atoms with Crippen molar-refractivity contribution in [3.05, 3.63) is 46.9 Å². The number of anilines is 2. The van der Waals surface area contributed by atoms with Gasteiger partial charge in [-0.25, -0.2) is 4.39 Å². The Morgan fingerprint density at radius 2 is 2.08 bits per heavy atom. The second-order valence-electron chi connectivity index (χ2n) is 5.80. The van der Waals surface area contributed by atoms with Crippen LogP contribution in [0.1, 0.15) is 6.42 Å². The number of carbonyl (C=O) groups is 2. The Kier molecular flexibility index (Phi) is 4.21. The molecule has 3 heterocycles. The Morgan fingerprint density at radius 3 is 2.81 bits per heavy atom. The monoisotopic (exact) mass is 372 g/mol. The largest absolute Gasteiger partial charge is 0.403 e. The maximum Gasteiger partial charge on any atom is 0.322 e. The number of thiophene rings is 1. The van der Waals surface area contributed by atoms with Crippen molar-refractivity contribution in [2.24, 2.45) is 5.92 Å². The summed E-state index contributed by atoms with van der Waals surface area (Å²) in [5.74, 6) is -1.18. The lowest BCUT2D eigenvalue weighted by atomic mass is 10.1. The Hall–Kier alpha value is -3.07. The van der Waals surface area contributed by atoms with Crippen LogP contribution in [0.15, 0.2) is 45.5 Å². The SMILES string of the molecule is O=C(Nc1nnc(-c2ccsc2)o1)C1CC(=O)N(c2ccc(F)cc2)C1. The fourth-order valence-corrected chi connectivity index (χ4v) is 3.37. The third kappa shape index (κ3) is 3.21. The second kappa shape index (κ2) is 6.68. The number of halogens is 1. The molecule has 7 nitrogen and oxygen atoms in total. The number of carbonyl (C=O) groups excluding carboxylic acids is 2. The van der Waals surface area contributed by atoms with Gasteiger partial charge in [-0.2, -0.15) is 11.3 Å². The molecule has 0 radical (unpaired) electrons. The molecule has 0 saturated carbocycles. The van der Waals surface area contributed by atoms with E-state index in [2.05, 4.69) is 15.5 Å². The van der Waals surface area contributed by atoms with Crippen molar-refractivity contribution < 1.29 is 18.4 Å². The van der Waals surface area contributed by atoms with E-state index in [1.54, 1.807) is 0 Å². The third-order valence-corrected chi connectivity index (χ3v) is 4.74. The normalized spacial score (nSPS) is 16.9. The first-order chi connectivity index (χ1) is 12.6. The van der Waals surface area contributed by atoms with Crippen molar-refractivity contribution in [2.45, 2.75) is 6.42 Å². The third-order valence-electron chi connectivity index (χ3n) is 4.06. The lowest BCUT2D eigenvalue weighted by molar-refractivity contribution is -0.122. The van der Waals surface area contributed by atoms with Crippen molar-refractivity contribution in [3.63, 3.8) is 0 Å². The van der Waals surface area contributed by atoms with Gasteiger partial charge in [-0.3, -0.25) is 14.9 Å². The van der Waals surface area contributed by atoms with Crippen LogP contribution in [0.5, 0.6) is 0 Å². The first-order valence-electron chi connectivity index (χ1n) is 7.83. The van der Waals surface area contributed by atoms with Crippen molar-refractivity contribution in [1.29, 1.82) is 0 Å². The molecule has 1 atom stereocenters. The van der Waals surface area contributed by atoms with Crippen LogP contribution in [-0.2, 0) is 9.59 Å². The van der Waals surface area contributed by atoms with Crippen LogP contribution >= 0.6 is 11.3 Å². The summed E-state index contributed by atoms with van der Waals surface area (Å²) in [5, 5.41) is 14.0. The first-order valence-corrected chi connectivity index (χ1v) is 8.77. The molecule has 0 bridgehead atoms. The van der Waals surface area contributed by atoms with Gasteiger partial charge in [-0.1, -0.05) is 5.10 Å². The molecule has 9 heteroatoms. The molecule has 1 saturated heterocycles. The lowest BCUT2D eigenvalue weighted by Crippen LogP contribution is -2.28. The van der Waals surface area contributed by atoms with E-state index in [0.717, 1.165) is 5.56 Å². The quantitative estimate of drug-likeness (QED) is 0.761. The predicted molar refractivity (Wildman–Crippen MR) is 93.1 cm³/mol. The summed E-state index contributed by atoms with van der Waals surface area (Å²) in [6.45, 7) is 0.210. The summed E-state index contributed by atoms with van der Waals surface area (Å²) in [6, 6.07) is 7.40. The van der Waals surface area contributed by atoms with Gasteiger partial charge < -0.3 is 9.32 Å². The molecule has 1 aliphatic rings. The molecule has 4 rings (SSSR count). The number of benzene rings is 1. The van der Waals surface area contributed by atoms with E-state index >= 15 is 0 Å². The summed E-state index contributed by atoms with van der Waals surface area (Å²) in [5.41, 5.74) is 1.34. The molecule has 0 aliphatic carbocycles. The number of hydrogen-bond acceptors (Lipinski definition) is 6. The van der Waals surface area contributed by atoms with Gasteiger partial charge in [0.25, 0.3) is 5.89 Å². The van der Waals surface area contributed by atoms with Gasteiger partial charge in [-0.05, 0) is 35.7 Å². The van der Waals surface area contributed by atoms with Crippen LogP contribution in [-0.4, -0.2) is 28.6 Å². The molecule has 2 aromatic heterocycles. The number of nitrogens with one attached hydrogen (secondary N) is 1. The van der Waals surface area contributed by atoms with Crippen molar-refractivity contribution >= 4 is 34.9 Å². The smallest absolute Gasteiger partial charge is 0.322 e. The highest BCUT2D eigenvalue weighted by atomic mass is 32.1. The van der Waals surface area contributed by atoms with Crippen molar-refractivity contribution in [1.82, 2.24) is 10.2 Å². The minimum absolute atomic E-state index is 0.0103. The van der Waals surface area contributed by atoms with E-state index in [9.17, 15) is 14.0 Å². The number of hydrogen-bond donors (Lipinski definition) is 1. The van der Waals surface area contributed by atoms with Crippen LogP contribution < -0.4 is 10.2 Å². The number of aromatic nitrogens is 2. The van der Waals surface area contributed by atoms with Gasteiger partial charge in [0.05, 0.1) is 5.92 Å². The summed E-state index contributed by atoms with van der Waals surface area (Å²) >= 11 is 1.50. The van der Waals surface area contributed by atoms with Crippen LogP contribution in [0, 0.1) is 11.7 Å². The molecule has 26 heavy (non-hydrogen) atoms. The Morgan fingerprint density at radius 1 is 1.27 bits per heavy atom. The van der Waals surface area contributed by atoms with Gasteiger partial charge in [-0.15, -0.1) is 5.10 Å². The zero-order chi connectivity index (χ0) is 18.1. The van der Waals surface area contributed by atoms with E-state index in [1.165, 1.54) is 40.5 Å². The van der Waals surface area contributed by atoms with E-state index < -0.39 is 5.92 Å². The molecule has 1 aliphatic heterocycles. The minimum Gasteiger partial charge on any atom is -0.403 e. The number of nitrogens with zero attached hydrogens (tertiary/aromatic N) is 3. The van der Waals surface area contributed by atoms with E-state index in [1.807, 2.05) is 16.8 Å². The standard InChI is InChI=1S/C17H13FN4O3S/c18-12-1-3-13(4-2-12)22-8-11(7-14(22)23)15(24)19-17-21-20-16(25-17)10-5-6-26-9-10/h1-6,9,11H,7-8H2,(H,19,21,24). The zero-order valence-corrected chi connectivity index (χ0v) is 14.2. The average molecular weight is 372 g/mol. The minimum atomic E-state index is -0.552. The highest BCUT2D eigenvalue weighted by molar-refractivity contribution is 7.08. The lowest BCUT2D eigenvalue weighted by Gasteiger charge is -2.16. The van der Waals surface area contributed by atoms with Crippen LogP contribution in [0.25, 0.3) is 11.5 Å². The van der Waals surface area contributed by atoms with Gasteiger partial charge in [0.2, 0.25) is 11.8 Å². The van der Waals surface area contributed by atoms with Crippen molar-refractivity contribution in [2.75, 3.05) is 16.8 Å². The molecule has 1 unspecified atom stereocenters. The Balaban J connectivity index is 1.43. The second-order valence-corrected chi connectivity index (χ2v) is 6.58. The average Bonchev–Trinajstić information content (AvgIpc) is 3.36. The first kappa shape index (κ1) is 16.4. The van der Waals surface area contributed by atoms with Gasteiger partial charge >= 0.3 is 6.01 Å². The van der Waals surface area contributed by atoms with E-state index in [-0.39, 0.29) is 36.6 Å². The van der Waals surface area contributed by atoms with Crippen LogP contribution in [0.3, 0.4) is 0 Å². The fourth-order valence-electron chi connectivity index (χ4n) is 2.74. The topological polar surface area (TPSA) is 88.3 Å². The molecule has 3 aromatic rings. The van der Waals surface area contributed by atoms with Gasteiger partial charge in [0.15, 0.2) is 0 Å². The molecule has 132 valence electrons. The molecule has 1 N–H and O–H groups in total.